The molecule has 0 spiro atoms. The molecule has 1 heterocycles. The summed E-state index contributed by atoms with van der Waals surface area (Å²) in [6, 6.07) is 0. The van der Waals surface area contributed by atoms with Crippen molar-refractivity contribution in [1.82, 2.24) is 15.3 Å². The number of hydrogen-bond acceptors (Lipinski definition) is 4. The molecule has 1 aromatic rings. The molecule has 1 aromatic heterocycles. The molecule has 1 unspecified atom stereocenters. The van der Waals surface area contributed by atoms with Crippen LogP contribution in [0.2, 0.25) is 0 Å². The van der Waals surface area contributed by atoms with Gasteiger partial charge in [-0.2, -0.15) is 0 Å². The average molecular weight is 223 g/mol. The third-order valence-electron chi connectivity index (χ3n) is 2.66. The second kappa shape index (κ2) is 5.55. The van der Waals surface area contributed by atoms with Crippen LogP contribution in [-0.2, 0) is 0 Å². The lowest BCUT2D eigenvalue weighted by Gasteiger charge is -2.28. The zero-order valence-electron chi connectivity index (χ0n) is 9.60. The van der Waals surface area contributed by atoms with Crippen LogP contribution >= 0.6 is 0 Å². The fraction of sp³-hybridized carbons (Fsp3) is 0.545. The summed E-state index contributed by atoms with van der Waals surface area (Å²) in [5.41, 5.74) is -0.108. The van der Waals surface area contributed by atoms with Gasteiger partial charge in [0.15, 0.2) is 0 Å². The molecule has 1 rings (SSSR count). The van der Waals surface area contributed by atoms with Gasteiger partial charge >= 0.3 is 0 Å². The van der Waals surface area contributed by atoms with Crippen LogP contribution in [-0.4, -0.2) is 33.1 Å². The Kier molecular flexibility index (Phi) is 4.37. The van der Waals surface area contributed by atoms with E-state index in [0.29, 0.717) is 12.1 Å². The van der Waals surface area contributed by atoms with Gasteiger partial charge in [-0.3, -0.25) is 9.78 Å². The summed E-state index contributed by atoms with van der Waals surface area (Å²) in [5.74, 6) is -0.258. The van der Waals surface area contributed by atoms with E-state index < -0.39 is 5.54 Å². The van der Waals surface area contributed by atoms with Gasteiger partial charge in [0.25, 0.3) is 5.91 Å². The molecule has 0 aliphatic carbocycles. The van der Waals surface area contributed by atoms with E-state index in [2.05, 4.69) is 15.3 Å². The maximum Gasteiger partial charge on any atom is 0.271 e. The predicted octanol–water partition coefficient (Wildman–Crippen LogP) is 0.757. The van der Waals surface area contributed by atoms with Crippen molar-refractivity contribution < 1.29 is 9.90 Å². The van der Waals surface area contributed by atoms with Gasteiger partial charge in [0.2, 0.25) is 0 Å². The van der Waals surface area contributed by atoms with Gasteiger partial charge in [-0.05, 0) is 19.8 Å². The number of rotatable bonds is 5. The van der Waals surface area contributed by atoms with Crippen LogP contribution in [0.1, 0.15) is 37.2 Å². The van der Waals surface area contributed by atoms with Crippen LogP contribution in [0.5, 0.6) is 0 Å². The Bertz CT molecular complexity index is 342. The first kappa shape index (κ1) is 12.6. The quantitative estimate of drug-likeness (QED) is 0.772. The van der Waals surface area contributed by atoms with Crippen LogP contribution in [0.25, 0.3) is 0 Å². The Hall–Kier alpha value is -1.49. The van der Waals surface area contributed by atoms with E-state index in [9.17, 15) is 4.79 Å². The minimum Gasteiger partial charge on any atom is -0.396 e. The molecule has 1 amide bonds. The molecule has 0 radical (unpaired) electrons. The number of carbonyl (C=O) groups excluding carboxylic acids is 1. The molecule has 0 saturated carbocycles. The first-order valence-electron chi connectivity index (χ1n) is 5.30. The number of aromatic nitrogens is 2. The molecule has 0 saturated heterocycles. The second-order valence-electron chi connectivity index (χ2n) is 3.93. The van der Waals surface area contributed by atoms with Crippen molar-refractivity contribution in [2.45, 2.75) is 32.2 Å². The standard InChI is InChI=1S/C11H17N3O2/c1-3-11(2,4-7-15)14-10(16)9-8-12-5-6-13-9/h5-6,8,15H,3-4,7H2,1-2H3,(H,14,16). The molecule has 16 heavy (non-hydrogen) atoms. The Morgan fingerprint density at radius 2 is 2.31 bits per heavy atom. The molecule has 5 nitrogen and oxygen atoms in total. The van der Waals surface area contributed by atoms with Gasteiger partial charge in [-0.1, -0.05) is 6.92 Å². The molecule has 0 aliphatic heterocycles. The number of nitrogens with one attached hydrogen (secondary N) is 1. The minimum absolute atomic E-state index is 0.0467. The second-order valence-corrected chi connectivity index (χ2v) is 3.93. The molecule has 5 heteroatoms. The van der Waals surface area contributed by atoms with Crippen LogP contribution in [0, 0.1) is 0 Å². The van der Waals surface area contributed by atoms with E-state index >= 15 is 0 Å². The van der Waals surface area contributed by atoms with E-state index in [1.807, 2.05) is 13.8 Å². The number of aliphatic hydroxyl groups is 1. The molecule has 1 atom stereocenters. The lowest BCUT2D eigenvalue weighted by Crippen LogP contribution is -2.46. The fourth-order valence-electron chi connectivity index (χ4n) is 1.33. The summed E-state index contributed by atoms with van der Waals surface area (Å²) in [4.78, 5) is 19.6. The van der Waals surface area contributed by atoms with Crippen molar-refractivity contribution in [3.05, 3.63) is 24.3 Å². The van der Waals surface area contributed by atoms with E-state index in [1.54, 1.807) is 0 Å². The largest absolute Gasteiger partial charge is 0.396 e. The molecular weight excluding hydrogens is 206 g/mol. The molecule has 0 aromatic carbocycles. The average Bonchev–Trinajstić information content (AvgIpc) is 2.30. The van der Waals surface area contributed by atoms with Crippen molar-refractivity contribution in [1.29, 1.82) is 0 Å². The topological polar surface area (TPSA) is 75.1 Å². The SMILES string of the molecule is CCC(C)(CCO)NC(=O)c1cnccn1. The number of aliphatic hydroxyl groups excluding tert-OH is 1. The van der Waals surface area contributed by atoms with Gasteiger partial charge in [-0.25, -0.2) is 4.98 Å². The minimum atomic E-state index is -0.399. The monoisotopic (exact) mass is 223 g/mol. The first-order valence-corrected chi connectivity index (χ1v) is 5.30. The van der Waals surface area contributed by atoms with Crippen LogP contribution in [0.4, 0.5) is 0 Å². The maximum atomic E-state index is 11.8. The lowest BCUT2D eigenvalue weighted by atomic mass is 9.95. The van der Waals surface area contributed by atoms with Gasteiger partial charge < -0.3 is 10.4 Å². The van der Waals surface area contributed by atoms with Crippen molar-refractivity contribution in [3.63, 3.8) is 0 Å². The molecule has 0 aliphatic rings. The third-order valence-corrected chi connectivity index (χ3v) is 2.66. The summed E-state index contributed by atoms with van der Waals surface area (Å²) >= 11 is 0. The number of hydrogen-bond donors (Lipinski definition) is 2. The fourth-order valence-corrected chi connectivity index (χ4v) is 1.33. The highest BCUT2D eigenvalue weighted by atomic mass is 16.3. The van der Waals surface area contributed by atoms with Gasteiger partial charge in [0, 0.05) is 24.5 Å². The smallest absolute Gasteiger partial charge is 0.271 e. The zero-order valence-corrected chi connectivity index (χ0v) is 9.60. The number of amides is 1. The molecule has 0 bridgehead atoms. The summed E-state index contributed by atoms with van der Waals surface area (Å²) < 4.78 is 0. The highest BCUT2D eigenvalue weighted by Gasteiger charge is 2.24. The normalized spacial score (nSPS) is 14.2. The molecule has 88 valence electrons. The first-order chi connectivity index (χ1) is 7.61. The van der Waals surface area contributed by atoms with Crippen molar-refractivity contribution in [3.8, 4) is 0 Å². The molecule has 0 fully saturated rings. The highest BCUT2D eigenvalue weighted by molar-refractivity contribution is 5.92. The van der Waals surface area contributed by atoms with Crippen LogP contribution in [0.3, 0.4) is 0 Å². The third kappa shape index (κ3) is 3.27. The number of nitrogens with zero attached hydrogens (tertiary/aromatic N) is 2. The number of carbonyl (C=O) groups is 1. The van der Waals surface area contributed by atoms with Crippen LogP contribution in [0.15, 0.2) is 18.6 Å². The van der Waals surface area contributed by atoms with E-state index in [1.165, 1.54) is 18.6 Å². The van der Waals surface area contributed by atoms with E-state index in [4.69, 9.17) is 5.11 Å². The van der Waals surface area contributed by atoms with Gasteiger partial charge in [-0.15, -0.1) is 0 Å². The Morgan fingerprint density at radius 3 is 2.81 bits per heavy atom. The van der Waals surface area contributed by atoms with E-state index in [0.717, 1.165) is 6.42 Å². The molecule has 2 N–H and O–H groups in total. The Morgan fingerprint density at radius 1 is 1.56 bits per heavy atom. The summed E-state index contributed by atoms with van der Waals surface area (Å²) in [6.45, 7) is 3.91. The zero-order chi connectivity index (χ0) is 12.0. The van der Waals surface area contributed by atoms with Gasteiger partial charge in [0.05, 0.1) is 6.20 Å². The van der Waals surface area contributed by atoms with Gasteiger partial charge in [0.1, 0.15) is 5.69 Å². The predicted molar refractivity (Wildman–Crippen MR) is 59.9 cm³/mol. The summed E-state index contributed by atoms with van der Waals surface area (Å²) in [7, 11) is 0. The Balaban J connectivity index is 2.70. The summed E-state index contributed by atoms with van der Waals surface area (Å²) in [6.07, 6.45) is 5.69. The van der Waals surface area contributed by atoms with Crippen molar-refractivity contribution in [2.75, 3.05) is 6.61 Å². The van der Waals surface area contributed by atoms with Crippen molar-refractivity contribution >= 4 is 5.91 Å². The lowest BCUT2D eigenvalue weighted by molar-refractivity contribution is 0.0880. The highest BCUT2D eigenvalue weighted by Crippen LogP contribution is 2.14. The maximum absolute atomic E-state index is 11.8. The van der Waals surface area contributed by atoms with Crippen molar-refractivity contribution in [2.24, 2.45) is 0 Å². The Labute approximate surface area is 94.9 Å². The summed E-state index contributed by atoms with van der Waals surface area (Å²) in [5, 5.41) is 11.8. The van der Waals surface area contributed by atoms with E-state index in [-0.39, 0.29) is 12.5 Å². The molecular formula is C11H17N3O2. The van der Waals surface area contributed by atoms with Crippen LogP contribution < -0.4 is 5.32 Å².